The maximum atomic E-state index is 10.1. The van der Waals surface area contributed by atoms with Crippen LogP contribution in [0.3, 0.4) is 0 Å². The van der Waals surface area contributed by atoms with Crippen LogP contribution in [-0.2, 0) is 0 Å². The number of hydrogen-bond donors (Lipinski definition) is 1. The average Bonchev–Trinajstić information content (AvgIpc) is 2.60. The Labute approximate surface area is 141 Å². The Hall–Kier alpha value is -1.07. The number of rotatable bonds is 0. The number of aliphatic hydroxyl groups is 1. The lowest BCUT2D eigenvalue weighted by atomic mass is 9.54. The second kappa shape index (κ2) is 6.81. The van der Waals surface area contributed by atoms with Crippen molar-refractivity contribution >= 4 is 0 Å². The first-order valence-electron chi connectivity index (χ1n) is 9.49. The first kappa shape index (κ1) is 16.8. The molecule has 0 aromatic heterocycles. The van der Waals surface area contributed by atoms with Crippen molar-refractivity contribution in [2.45, 2.75) is 77.7 Å². The summed E-state index contributed by atoms with van der Waals surface area (Å²) in [6.45, 7) is 4.89. The molecule has 2 fully saturated rings. The zero-order valence-corrected chi connectivity index (χ0v) is 14.7. The van der Waals surface area contributed by atoms with Crippen molar-refractivity contribution in [3.05, 3.63) is 23.3 Å². The summed E-state index contributed by atoms with van der Waals surface area (Å²) in [5.41, 5.74) is 3.20. The highest BCUT2D eigenvalue weighted by molar-refractivity contribution is 5.24. The fraction of sp³-hybridized carbons (Fsp3) is 0.762. The number of fused-ring (bicyclic) bond motifs is 3. The van der Waals surface area contributed by atoms with Crippen molar-refractivity contribution < 1.29 is 5.11 Å². The van der Waals surface area contributed by atoms with Crippen LogP contribution in [0, 0.1) is 34.5 Å². The molecule has 126 valence electrons. The van der Waals surface area contributed by atoms with Crippen LogP contribution in [0.2, 0.25) is 0 Å². The summed E-state index contributed by atoms with van der Waals surface area (Å²) in [7, 11) is 0. The number of hydrogen-bond acceptors (Lipinski definition) is 2. The summed E-state index contributed by atoms with van der Waals surface area (Å²) < 4.78 is 0. The van der Waals surface area contributed by atoms with E-state index in [9.17, 15) is 5.11 Å². The van der Waals surface area contributed by atoms with Crippen LogP contribution in [0.1, 0.15) is 71.6 Å². The Morgan fingerprint density at radius 1 is 1.30 bits per heavy atom. The highest BCUT2D eigenvalue weighted by atomic mass is 16.3. The Morgan fingerprint density at radius 2 is 2.13 bits per heavy atom. The second-order valence-corrected chi connectivity index (χ2v) is 8.39. The van der Waals surface area contributed by atoms with E-state index in [2.05, 4.69) is 26.0 Å². The lowest BCUT2D eigenvalue weighted by molar-refractivity contribution is 0.0308. The maximum absolute atomic E-state index is 10.1. The number of nitriles is 1. The summed E-state index contributed by atoms with van der Waals surface area (Å²) in [6.07, 6.45) is 14.3. The molecule has 3 rings (SSSR count). The molecule has 0 bridgehead atoms. The highest BCUT2D eigenvalue weighted by Crippen LogP contribution is 2.56. The van der Waals surface area contributed by atoms with Crippen LogP contribution in [-0.4, -0.2) is 11.2 Å². The molecule has 23 heavy (non-hydrogen) atoms. The van der Waals surface area contributed by atoms with E-state index in [-0.39, 0.29) is 6.10 Å². The fourth-order valence-electron chi connectivity index (χ4n) is 5.57. The van der Waals surface area contributed by atoms with E-state index in [0.717, 1.165) is 49.9 Å². The van der Waals surface area contributed by atoms with Crippen LogP contribution >= 0.6 is 0 Å². The third-order valence-electron chi connectivity index (χ3n) is 7.09. The molecule has 2 heteroatoms. The largest absolute Gasteiger partial charge is 0.393 e. The third-order valence-corrected chi connectivity index (χ3v) is 7.09. The summed E-state index contributed by atoms with van der Waals surface area (Å²) in [5, 5.41) is 19.1. The smallest absolute Gasteiger partial charge is 0.0911 e. The van der Waals surface area contributed by atoms with Gasteiger partial charge in [0.15, 0.2) is 0 Å². The minimum Gasteiger partial charge on any atom is -0.393 e. The van der Waals surface area contributed by atoms with Gasteiger partial charge in [0.2, 0.25) is 0 Å². The Balaban J connectivity index is 1.85. The number of aliphatic hydroxyl groups excluding tert-OH is 1. The van der Waals surface area contributed by atoms with Gasteiger partial charge in [-0.15, -0.1) is 0 Å². The molecule has 5 unspecified atom stereocenters. The van der Waals surface area contributed by atoms with Crippen LogP contribution in [0.5, 0.6) is 0 Å². The predicted octanol–water partition coefficient (Wildman–Crippen LogP) is 5.15. The van der Waals surface area contributed by atoms with Gasteiger partial charge in [-0.2, -0.15) is 5.26 Å². The fourth-order valence-corrected chi connectivity index (χ4v) is 5.57. The van der Waals surface area contributed by atoms with Gasteiger partial charge in [0.05, 0.1) is 12.2 Å². The Bertz CT molecular complexity index is 541. The first-order chi connectivity index (χ1) is 11.0. The minimum atomic E-state index is -0.121. The molecule has 1 N–H and O–H groups in total. The molecule has 0 aliphatic heterocycles. The van der Waals surface area contributed by atoms with Crippen molar-refractivity contribution in [1.82, 2.24) is 0 Å². The zero-order chi connectivity index (χ0) is 16.4. The first-order valence-corrected chi connectivity index (χ1v) is 9.49. The molecule has 0 saturated heterocycles. The molecule has 0 aromatic rings. The summed E-state index contributed by atoms with van der Waals surface area (Å²) in [5.74, 6) is 2.26. The molecule has 3 aliphatic rings. The van der Waals surface area contributed by atoms with E-state index in [1.165, 1.54) is 36.8 Å². The van der Waals surface area contributed by atoms with Crippen molar-refractivity contribution in [2.75, 3.05) is 0 Å². The standard InChI is InChI=1S/C21H31NO/c1-15-6-7-16(11-13-22)4-3-5-20-19(15)9-8-17-14-18(23)10-12-21(17,20)2/h8,11,15,18-20,23H,3-7,9-10,12,14H2,1-2H3. The maximum Gasteiger partial charge on any atom is 0.0911 e. The molecule has 5 atom stereocenters. The number of nitrogens with zero attached hydrogens (tertiary/aromatic N) is 1. The lowest BCUT2D eigenvalue weighted by Crippen LogP contribution is -2.43. The van der Waals surface area contributed by atoms with Gasteiger partial charge < -0.3 is 5.11 Å². The molecule has 2 nitrogen and oxygen atoms in total. The molecular formula is C21H31NO. The normalized spacial score (nSPS) is 43.2. The van der Waals surface area contributed by atoms with Crippen LogP contribution in [0.25, 0.3) is 0 Å². The predicted molar refractivity (Wildman–Crippen MR) is 93.6 cm³/mol. The average molecular weight is 313 g/mol. The summed E-state index contributed by atoms with van der Waals surface area (Å²) in [4.78, 5) is 0. The van der Waals surface area contributed by atoms with Gasteiger partial charge in [-0.3, -0.25) is 0 Å². The van der Waals surface area contributed by atoms with Gasteiger partial charge in [-0.05, 0) is 81.0 Å². The van der Waals surface area contributed by atoms with Crippen LogP contribution in [0.15, 0.2) is 23.3 Å². The summed E-state index contributed by atoms with van der Waals surface area (Å²) >= 11 is 0. The molecule has 0 heterocycles. The van der Waals surface area contributed by atoms with Crippen molar-refractivity contribution in [3.63, 3.8) is 0 Å². The monoisotopic (exact) mass is 313 g/mol. The van der Waals surface area contributed by atoms with E-state index in [1.54, 1.807) is 6.08 Å². The van der Waals surface area contributed by atoms with E-state index >= 15 is 0 Å². The molecule has 0 aromatic carbocycles. The van der Waals surface area contributed by atoms with Crippen LogP contribution in [0.4, 0.5) is 0 Å². The zero-order valence-electron chi connectivity index (χ0n) is 14.7. The third kappa shape index (κ3) is 3.26. The summed E-state index contributed by atoms with van der Waals surface area (Å²) in [6, 6.07) is 2.24. The van der Waals surface area contributed by atoms with Crippen molar-refractivity contribution in [3.8, 4) is 6.07 Å². The van der Waals surface area contributed by atoms with Gasteiger partial charge in [-0.25, -0.2) is 0 Å². The highest BCUT2D eigenvalue weighted by Gasteiger charge is 2.47. The van der Waals surface area contributed by atoms with Gasteiger partial charge in [0.1, 0.15) is 0 Å². The van der Waals surface area contributed by atoms with Gasteiger partial charge in [0.25, 0.3) is 0 Å². The Kier molecular flexibility index (Phi) is 4.97. The van der Waals surface area contributed by atoms with E-state index in [1.807, 2.05) is 0 Å². The van der Waals surface area contributed by atoms with E-state index < -0.39 is 0 Å². The lowest BCUT2D eigenvalue weighted by Gasteiger charge is -2.51. The van der Waals surface area contributed by atoms with E-state index in [0.29, 0.717) is 5.41 Å². The molecule has 2 saturated carbocycles. The SMILES string of the molecule is CC1CCC(=CC#N)CCCC2C1CC=C1CC(O)CCC12C. The molecule has 3 aliphatic carbocycles. The van der Waals surface area contributed by atoms with Gasteiger partial charge in [0, 0.05) is 6.08 Å². The molecule has 0 spiro atoms. The molecular weight excluding hydrogens is 282 g/mol. The number of allylic oxidation sites excluding steroid dienone is 3. The van der Waals surface area contributed by atoms with Gasteiger partial charge >= 0.3 is 0 Å². The van der Waals surface area contributed by atoms with Crippen molar-refractivity contribution in [1.29, 1.82) is 5.26 Å². The second-order valence-electron chi connectivity index (χ2n) is 8.39. The topological polar surface area (TPSA) is 44.0 Å². The Morgan fingerprint density at radius 3 is 2.91 bits per heavy atom. The quantitative estimate of drug-likeness (QED) is 0.496. The van der Waals surface area contributed by atoms with Gasteiger partial charge in [-0.1, -0.05) is 31.1 Å². The van der Waals surface area contributed by atoms with Crippen molar-refractivity contribution in [2.24, 2.45) is 23.2 Å². The molecule has 0 radical (unpaired) electrons. The van der Waals surface area contributed by atoms with E-state index in [4.69, 9.17) is 5.26 Å². The molecule has 0 amide bonds. The minimum absolute atomic E-state index is 0.121. The van der Waals surface area contributed by atoms with Crippen LogP contribution < -0.4 is 0 Å².